The summed E-state index contributed by atoms with van der Waals surface area (Å²) in [5.41, 5.74) is 3.45. The average molecular weight is 615 g/mol. The number of hydrogen-bond donors (Lipinski definition) is 0. The second kappa shape index (κ2) is 18.9. The van der Waals surface area contributed by atoms with Crippen LogP contribution < -0.4 is 14.2 Å². The first-order valence-corrected chi connectivity index (χ1v) is 17.1. The van der Waals surface area contributed by atoms with E-state index in [0.717, 1.165) is 48.3 Å². The van der Waals surface area contributed by atoms with Crippen LogP contribution in [-0.2, 0) is 16.0 Å². The van der Waals surface area contributed by atoms with E-state index in [9.17, 15) is 9.59 Å². The van der Waals surface area contributed by atoms with Gasteiger partial charge in [-0.3, -0.25) is 0 Å². The fourth-order valence-corrected chi connectivity index (χ4v) is 5.49. The third kappa shape index (κ3) is 11.3. The van der Waals surface area contributed by atoms with Gasteiger partial charge in [0, 0.05) is 0 Å². The molecule has 6 nitrogen and oxygen atoms in total. The lowest BCUT2D eigenvalue weighted by molar-refractivity contribution is -0.152. The predicted octanol–water partition coefficient (Wildman–Crippen LogP) is 9.91. The summed E-state index contributed by atoms with van der Waals surface area (Å²) in [7, 11) is 0. The lowest BCUT2D eigenvalue weighted by Crippen LogP contribution is -2.33. The van der Waals surface area contributed by atoms with Crippen molar-refractivity contribution in [1.82, 2.24) is 0 Å². The van der Waals surface area contributed by atoms with Crippen LogP contribution in [0, 0.1) is 0 Å². The summed E-state index contributed by atoms with van der Waals surface area (Å²) in [6.45, 7) is 5.48. The van der Waals surface area contributed by atoms with Crippen molar-refractivity contribution >= 4 is 11.9 Å². The molecule has 0 N–H and O–H groups in total. The fraction of sp³-hybridized carbons (Fsp3) is 0.487. The molecule has 6 heteroatoms. The highest BCUT2D eigenvalue weighted by molar-refractivity contribution is 5.91. The van der Waals surface area contributed by atoms with Crippen LogP contribution in [0.25, 0.3) is 11.1 Å². The number of carbonyl (C=O) groups excluding carboxylic acids is 2. The van der Waals surface area contributed by atoms with E-state index in [4.69, 9.17) is 18.9 Å². The van der Waals surface area contributed by atoms with Gasteiger partial charge in [-0.15, -0.1) is 0 Å². The van der Waals surface area contributed by atoms with Crippen molar-refractivity contribution in [3.8, 4) is 28.4 Å². The maximum Gasteiger partial charge on any atom is 0.347 e. The quantitative estimate of drug-likeness (QED) is 0.0760. The molecule has 0 amide bonds. The van der Waals surface area contributed by atoms with Crippen LogP contribution >= 0.6 is 0 Å². The molecule has 1 aliphatic heterocycles. The molecule has 1 atom stereocenters. The van der Waals surface area contributed by atoms with Gasteiger partial charge in [0.15, 0.2) is 6.10 Å². The number of ether oxygens (including phenoxy) is 4. The Morgan fingerprint density at radius 2 is 1.29 bits per heavy atom. The molecule has 0 radical (unpaired) electrons. The zero-order valence-electron chi connectivity index (χ0n) is 27.2. The lowest BCUT2D eigenvalue weighted by Gasteiger charge is -2.25. The molecule has 0 saturated carbocycles. The normalized spacial score (nSPS) is 13.9. The van der Waals surface area contributed by atoms with Gasteiger partial charge >= 0.3 is 11.9 Å². The van der Waals surface area contributed by atoms with Crippen molar-refractivity contribution in [2.24, 2.45) is 0 Å². The molecule has 0 aliphatic carbocycles. The lowest BCUT2D eigenvalue weighted by atomic mass is 10.0. The number of rotatable bonds is 19. The molecule has 1 heterocycles. The van der Waals surface area contributed by atoms with Gasteiger partial charge in [0.2, 0.25) is 0 Å². The molecule has 3 aromatic rings. The number of aryl methyl sites for hydroxylation is 1. The van der Waals surface area contributed by atoms with Crippen LogP contribution in [-0.4, -0.2) is 31.3 Å². The molecule has 0 unspecified atom stereocenters. The van der Waals surface area contributed by atoms with Crippen LogP contribution in [0.15, 0.2) is 66.7 Å². The van der Waals surface area contributed by atoms with Crippen LogP contribution in [0.2, 0.25) is 0 Å². The first-order valence-electron chi connectivity index (χ1n) is 17.1. The Balaban J connectivity index is 1.18. The smallest absolute Gasteiger partial charge is 0.347 e. The van der Waals surface area contributed by atoms with Gasteiger partial charge in [0.1, 0.15) is 17.2 Å². The first kappa shape index (κ1) is 34.1. The molecular weight excluding hydrogens is 564 g/mol. The van der Waals surface area contributed by atoms with Crippen LogP contribution in [0.1, 0.15) is 113 Å². The number of unbranched alkanes of at least 4 members (excludes halogenated alkanes) is 10. The van der Waals surface area contributed by atoms with E-state index in [2.05, 4.69) is 13.8 Å². The summed E-state index contributed by atoms with van der Waals surface area (Å²) in [4.78, 5) is 25.1. The number of benzene rings is 3. The molecule has 0 fully saturated rings. The van der Waals surface area contributed by atoms with Gasteiger partial charge in [0.05, 0.1) is 18.8 Å². The summed E-state index contributed by atoms with van der Waals surface area (Å²) in [6, 6.07) is 20.8. The molecule has 0 aromatic heterocycles. The average Bonchev–Trinajstić information content (AvgIpc) is 3.07. The van der Waals surface area contributed by atoms with Crippen molar-refractivity contribution in [2.75, 3.05) is 13.2 Å². The van der Waals surface area contributed by atoms with E-state index in [1.165, 1.54) is 57.8 Å². The van der Waals surface area contributed by atoms with Crippen LogP contribution in [0.4, 0.5) is 0 Å². The predicted molar refractivity (Wildman–Crippen MR) is 179 cm³/mol. The van der Waals surface area contributed by atoms with Gasteiger partial charge in [-0.2, -0.15) is 0 Å². The molecule has 0 bridgehead atoms. The summed E-state index contributed by atoms with van der Waals surface area (Å²) in [5, 5.41) is 0. The summed E-state index contributed by atoms with van der Waals surface area (Å²) < 4.78 is 22.8. The Morgan fingerprint density at radius 3 is 1.96 bits per heavy atom. The zero-order chi connectivity index (χ0) is 31.7. The highest BCUT2D eigenvalue weighted by atomic mass is 16.6. The first-order chi connectivity index (χ1) is 22.1. The summed E-state index contributed by atoms with van der Waals surface area (Å²) in [6.07, 6.45) is 15.5. The highest BCUT2D eigenvalue weighted by Gasteiger charge is 2.28. The van der Waals surface area contributed by atoms with E-state index < -0.39 is 12.1 Å². The number of fused-ring (bicyclic) bond motifs is 1. The SMILES string of the molecule is CCCCCCCCCCCCOc1ccc(-c2ccc(C(=O)Oc3ccc4c(c3)CC[C@H](C(=O)OCCCC)O4)cc2)cc1. The Kier molecular flexibility index (Phi) is 14.3. The highest BCUT2D eigenvalue weighted by Crippen LogP contribution is 2.32. The molecule has 45 heavy (non-hydrogen) atoms. The van der Waals surface area contributed by atoms with E-state index >= 15 is 0 Å². The van der Waals surface area contributed by atoms with Gasteiger partial charge in [0.25, 0.3) is 0 Å². The van der Waals surface area contributed by atoms with Crippen molar-refractivity contribution in [1.29, 1.82) is 0 Å². The maximum absolute atomic E-state index is 12.9. The second-order valence-corrected chi connectivity index (χ2v) is 12.0. The topological polar surface area (TPSA) is 71.1 Å². The monoisotopic (exact) mass is 614 g/mol. The Hall–Kier alpha value is -3.80. The molecule has 3 aromatic carbocycles. The summed E-state index contributed by atoms with van der Waals surface area (Å²) in [5.74, 6) is 1.21. The second-order valence-electron chi connectivity index (χ2n) is 12.0. The third-order valence-electron chi connectivity index (χ3n) is 8.27. The molecule has 1 aliphatic rings. The Morgan fingerprint density at radius 1 is 0.689 bits per heavy atom. The minimum atomic E-state index is -0.598. The van der Waals surface area contributed by atoms with Gasteiger partial charge in [-0.05, 0) is 84.8 Å². The molecule has 242 valence electrons. The van der Waals surface area contributed by atoms with E-state index in [-0.39, 0.29) is 5.97 Å². The van der Waals surface area contributed by atoms with Gasteiger partial charge in [-0.1, -0.05) is 102 Å². The minimum absolute atomic E-state index is 0.322. The van der Waals surface area contributed by atoms with Gasteiger partial charge < -0.3 is 18.9 Å². The third-order valence-corrected chi connectivity index (χ3v) is 8.27. The van der Waals surface area contributed by atoms with Crippen molar-refractivity contribution < 1.29 is 28.5 Å². The van der Waals surface area contributed by atoms with Crippen LogP contribution in [0.5, 0.6) is 17.2 Å². The molecule has 0 spiro atoms. The molecule has 0 saturated heterocycles. The Bertz CT molecular complexity index is 1310. The molecule has 4 rings (SSSR count). The van der Waals surface area contributed by atoms with E-state index in [1.807, 2.05) is 36.4 Å². The van der Waals surface area contributed by atoms with E-state index in [1.54, 1.807) is 30.3 Å². The maximum atomic E-state index is 12.9. The van der Waals surface area contributed by atoms with Gasteiger partial charge in [-0.25, -0.2) is 9.59 Å². The zero-order valence-corrected chi connectivity index (χ0v) is 27.2. The largest absolute Gasteiger partial charge is 0.494 e. The molecular formula is C39H50O6. The van der Waals surface area contributed by atoms with Crippen molar-refractivity contribution in [3.05, 3.63) is 77.9 Å². The van der Waals surface area contributed by atoms with Crippen LogP contribution in [0.3, 0.4) is 0 Å². The van der Waals surface area contributed by atoms with E-state index in [0.29, 0.717) is 36.5 Å². The number of hydrogen-bond acceptors (Lipinski definition) is 6. The summed E-state index contributed by atoms with van der Waals surface area (Å²) >= 11 is 0. The fourth-order valence-electron chi connectivity index (χ4n) is 5.49. The number of esters is 2. The number of carbonyl (C=O) groups is 2. The minimum Gasteiger partial charge on any atom is -0.494 e. The van der Waals surface area contributed by atoms with Crippen molar-refractivity contribution in [2.45, 2.75) is 110 Å². The van der Waals surface area contributed by atoms with Crippen molar-refractivity contribution in [3.63, 3.8) is 0 Å². The standard InChI is InChI=1S/C39H50O6/c1-3-5-7-8-9-10-11-12-13-14-28-42-34-22-19-31(20-23-34)30-15-17-32(18-16-30)38(40)44-35-24-26-36-33(29-35)21-25-37(45-36)39(41)43-27-6-4-2/h15-20,22-24,26,29,37H,3-14,21,25,27-28H2,1-2H3/t37-/m1/s1. The Labute approximate surface area is 269 Å².